The van der Waals surface area contributed by atoms with Crippen molar-refractivity contribution in [2.45, 2.75) is 19.4 Å². The minimum atomic E-state index is 0.399. The minimum absolute atomic E-state index is 0.399. The van der Waals surface area contributed by atoms with Gasteiger partial charge in [0.05, 0.1) is 6.04 Å². The number of fused-ring (bicyclic) bond motifs is 3. The Morgan fingerprint density at radius 2 is 1.70 bits per heavy atom. The van der Waals surface area contributed by atoms with Crippen LogP contribution in [0.25, 0.3) is 10.8 Å². The maximum absolute atomic E-state index is 3.71. The minimum Gasteiger partial charge on any atom is -0.377 e. The Morgan fingerprint density at radius 3 is 2.55 bits per heavy atom. The Hall–Kier alpha value is -2.28. The van der Waals surface area contributed by atoms with Crippen molar-refractivity contribution in [2.24, 2.45) is 0 Å². The first-order valence-electron chi connectivity index (χ1n) is 7.15. The van der Waals surface area contributed by atoms with Crippen molar-refractivity contribution in [1.82, 2.24) is 0 Å². The Kier molecular flexibility index (Phi) is 2.53. The van der Waals surface area contributed by atoms with Gasteiger partial charge in [-0.1, -0.05) is 66.2 Å². The molecule has 0 saturated carbocycles. The van der Waals surface area contributed by atoms with Crippen LogP contribution >= 0.6 is 0 Å². The van der Waals surface area contributed by atoms with Crippen molar-refractivity contribution in [1.29, 1.82) is 0 Å². The van der Waals surface area contributed by atoms with Crippen molar-refractivity contribution in [3.8, 4) is 0 Å². The molecule has 3 aromatic rings. The molecule has 1 aliphatic rings. The van der Waals surface area contributed by atoms with E-state index >= 15 is 0 Å². The molecule has 1 unspecified atom stereocenters. The topological polar surface area (TPSA) is 12.0 Å². The summed E-state index contributed by atoms with van der Waals surface area (Å²) in [7, 11) is 0. The fourth-order valence-corrected chi connectivity index (χ4v) is 3.10. The van der Waals surface area contributed by atoms with Crippen molar-refractivity contribution in [3.63, 3.8) is 0 Å². The Morgan fingerprint density at radius 1 is 0.900 bits per heavy atom. The number of hydrogen-bond acceptors (Lipinski definition) is 1. The van der Waals surface area contributed by atoms with Crippen molar-refractivity contribution in [2.75, 3.05) is 5.32 Å². The van der Waals surface area contributed by atoms with Gasteiger partial charge < -0.3 is 5.32 Å². The van der Waals surface area contributed by atoms with Gasteiger partial charge in [0.2, 0.25) is 0 Å². The zero-order valence-electron chi connectivity index (χ0n) is 11.6. The lowest BCUT2D eigenvalue weighted by atomic mass is 10.0. The molecule has 0 fully saturated rings. The molecule has 1 N–H and O–H groups in total. The van der Waals surface area contributed by atoms with Crippen LogP contribution in [0.4, 0.5) is 5.69 Å². The van der Waals surface area contributed by atoms with E-state index in [1.54, 1.807) is 0 Å². The molecule has 20 heavy (non-hydrogen) atoms. The predicted molar refractivity (Wildman–Crippen MR) is 85.2 cm³/mol. The summed E-state index contributed by atoms with van der Waals surface area (Å²) in [5.74, 6) is 0. The molecule has 1 nitrogen and oxygen atoms in total. The third-order valence-corrected chi connectivity index (χ3v) is 4.24. The highest BCUT2D eigenvalue weighted by atomic mass is 15.0. The highest BCUT2D eigenvalue weighted by Gasteiger charge is 2.23. The summed E-state index contributed by atoms with van der Waals surface area (Å²) in [6.45, 7) is 2.13. The normalized spacial score (nSPS) is 16.9. The molecule has 0 radical (unpaired) electrons. The Labute approximate surface area is 119 Å². The molecular weight excluding hydrogens is 242 g/mol. The van der Waals surface area contributed by atoms with E-state index in [0.29, 0.717) is 6.04 Å². The third-order valence-electron chi connectivity index (χ3n) is 4.24. The van der Waals surface area contributed by atoms with Crippen LogP contribution in [0.5, 0.6) is 0 Å². The van der Waals surface area contributed by atoms with Gasteiger partial charge in [0.1, 0.15) is 0 Å². The van der Waals surface area contributed by atoms with Gasteiger partial charge in [-0.2, -0.15) is 0 Å². The molecule has 0 bridgehead atoms. The molecule has 3 aromatic carbocycles. The highest BCUT2D eigenvalue weighted by Crippen LogP contribution is 2.38. The van der Waals surface area contributed by atoms with E-state index in [-0.39, 0.29) is 0 Å². The van der Waals surface area contributed by atoms with Crippen molar-refractivity contribution < 1.29 is 0 Å². The average Bonchev–Trinajstić information content (AvgIpc) is 2.92. The molecule has 0 saturated heterocycles. The van der Waals surface area contributed by atoms with Crippen LogP contribution in [0, 0.1) is 6.92 Å². The van der Waals surface area contributed by atoms with Gasteiger partial charge in [-0.05, 0) is 29.9 Å². The van der Waals surface area contributed by atoms with Crippen molar-refractivity contribution in [3.05, 3.63) is 77.4 Å². The van der Waals surface area contributed by atoms with Gasteiger partial charge in [-0.15, -0.1) is 0 Å². The molecule has 98 valence electrons. The Bertz CT molecular complexity index is 771. The van der Waals surface area contributed by atoms with E-state index < -0.39 is 0 Å². The van der Waals surface area contributed by atoms with E-state index in [1.807, 2.05) is 0 Å². The summed E-state index contributed by atoms with van der Waals surface area (Å²) in [5.41, 5.74) is 5.42. The number of hydrogen-bond donors (Lipinski definition) is 1. The van der Waals surface area contributed by atoms with E-state index in [4.69, 9.17) is 0 Å². The maximum atomic E-state index is 3.71. The van der Waals surface area contributed by atoms with E-state index in [9.17, 15) is 0 Å². The summed E-state index contributed by atoms with van der Waals surface area (Å²) in [6, 6.07) is 22.3. The molecule has 0 spiro atoms. The Balaban J connectivity index is 1.76. The molecule has 0 amide bonds. The lowest BCUT2D eigenvalue weighted by Crippen LogP contribution is -2.05. The second-order valence-electron chi connectivity index (χ2n) is 5.63. The van der Waals surface area contributed by atoms with Crippen LogP contribution in [0.2, 0.25) is 0 Å². The van der Waals surface area contributed by atoms with Gasteiger partial charge >= 0.3 is 0 Å². The average molecular weight is 259 g/mol. The number of anilines is 1. The van der Waals surface area contributed by atoms with Crippen LogP contribution in [0.3, 0.4) is 0 Å². The summed E-state index contributed by atoms with van der Waals surface area (Å²) in [6.07, 6.45) is 1.07. The summed E-state index contributed by atoms with van der Waals surface area (Å²) in [4.78, 5) is 0. The number of rotatable bonds is 1. The second-order valence-corrected chi connectivity index (χ2v) is 5.63. The standard InChI is InChI=1S/C19H17N/c1-13-6-8-15(9-7-13)18-12-16-11-10-14-4-2-3-5-17(14)19(16)20-18/h2-11,18,20H,12H2,1H3. The number of nitrogens with one attached hydrogen (secondary N) is 1. The smallest absolute Gasteiger partial charge is 0.0555 e. The first-order valence-corrected chi connectivity index (χ1v) is 7.15. The van der Waals surface area contributed by atoms with E-state index in [2.05, 4.69) is 72.9 Å². The molecule has 0 aliphatic carbocycles. The molecule has 4 rings (SSSR count). The quantitative estimate of drug-likeness (QED) is 0.658. The molecule has 1 aliphatic heterocycles. The van der Waals surface area contributed by atoms with Crippen LogP contribution in [-0.4, -0.2) is 0 Å². The lowest BCUT2D eigenvalue weighted by Gasteiger charge is -2.12. The first-order chi connectivity index (χ1) is 9.81. The zero-order chi connectivity index (χ0) is 13.5. The molecule has 1 heterocycles. The molecule has 1 atom stereocenters. The van der Waals surface area contributed by atoms with Crippen molar-refractivity contribution >= 4 is 16.5 Å². The predicted octanol–water partition coefficient (Wildman–Crippen LogP) is 4.86. The van der Waals surface area contributed by atoms with Crippen LogP contribution in [-0.2, 0) is 6.42 Å². The lowest BCUT2D eigenvalue weighted by molar-refractivity contribution is 0.824. The summed E-state index contributed by atoms with van der Waals surface area (Å²) >= 11 is 0. The summed E-state index contributed by atoms with van der Waals surface area (Å²) < 4.78 is 0. The highest BCUT2D eigenvalue weighted by molar-refractivity contribution is 5.96. The fourth-order valence-electron chi connectivity index (χ4n) is 3.10. The van der Waals surface area contributed by atoms with Gasteiger partial charge in [-0.3, -0.25) is 0 Å². The van der Waals surface area contributed by atoms with Gasteiger partial charge in [-0.25, -0.2) is 0 Å². The molecule has 0 aromatic heterocycles. The summed E-state index contributed by atoms with van der Waals surface area (Å²) in [5, 5.41) is 6.35. The SMILES string of the molecule is Cc1ccc(C2Cc3ccc4ccccc4c3N2)cc1. The second kappa shape index (κ2) is 4.38. The molecule has 1 heteroatoms. The van der Waals surface area contributed by atoms with Crippen LogP contribution < -0.4 is 5.32 Å². The zero-order valence-corrected chi connectivity index (χ0v) is 11.6. The van der Waals surface area contributed by atoms with E-state index in [0.717, 1.165) is 6.42 Å². The van der Waals surface area contributed by atoms with Gasteiger partial charge in [0.15, 0.2) is 0 Å². The monoisotopic (exact) mass is 259 g/mol. The van der Waals surface area contributed by atoms with Gasteiger partial charge in [0, 0.05) is 11.1 Å². The van der Waals surface area contributed by atoms with Crippen LogP contribution in [0.15, 0.2) is 60.7 Å². The number of benzene rings is 3. The van der Waals surface area contributed by atoms with E-state index in [1.165, 1.54) is 33.2 Å². The maximum Gasteiger partial charge on any atom is 0.0555 e. The van der Waals surface area contributed by atoms with Gasteiger partial charge in [0.25, 0.3) is 0 Å². The van der Waals surface area contributed by atoms with Crippen LogP contribution in [0.1, 0.15) is 22.7 Å². The fraction of sp³-hybridized carbons (Fsp3) is 0.158. The first kappa shape index (κ1) is 11.5. The third kappa shape index (κ3) is 1.78. The number of aryl methyl sites for hydroxylation is 1. The largest absolute Gasteiger partial charge is 0.377 e. The molecular formula is C19H17N.